The molecule has 0 spiro atoms. The molecule has 0 radical (unpaired) electrons. The maximum Gasteiger partial charge on any atom is 0.191 e. The predicted octanol–water partition coefficient (Wildman–Crippen LogP) is 4.45. The Balaban J connectivity index is 0.00000312. The molecule has 0 amide bonds. The summed E-state index contributed by atoms with van der Waals surface area (Å²) in [6.45, 7) is 6.39. The highest BCUT2D eigenvalue weighted by atomic mass is 127. The molecule has 0 unspecified atom stereocenters. The van der Waals surface area contributed by atoms with Crippen LogP contribution in [0.5, 0.6) is 0 Å². The van der Waals surface area contributed by atoms with Gasteiger partial charge in [-0.25, -0.2) is 14.4 Å². The van der Waals surface area contributed by atoms with Gasteiger partial charge in [-0.2, -0.15) is 0 Å². The highest BCUT2D eigenvalue weighted by Crippen LogP contribution is 2.18. The Hall–Kier alpha value is -0.870. The summed E-state index contributed by atoms with van der Waals surface area (Å²) < 4.78 is 12.8. The summed E-state index contributed by atoms with van der Waals surface area (Å²) in [5.74, 6) is 1.62. The van der Waals surface area contributed by atoms with Crippen molar-refractivity contribution >= 4 is 53.0 Å². The first-order chi connectivity index (χ1) is 11.7. The molecule has 0 aliphatic rings. The molecule has 0 aliphatic carbocycles. The van der Waals surface area contributed by atoms with Gasteiger partial charge < -0.3 is 10.6 Å². The topological polar surface area (TPSA) is 49.3 Å². The van der Waals surface area contributed by atoms with Crippen molar-refractivity contribution in [3.63, 3.8) is 0 Å². The SMILES string of the molecule is CCNC(=NCc1scnc1C)NCCCSc1ccc(F)cc1.I. The van der Waals surface area contributed by atoms with Gasteiger partial charge in [0.1, 0.15) is 5.82 Å². The van der Waals surface area contributed by atoms with E-state index in [0.29, 0.717) is 6.54 Å². The number of nitrogens with zero attached hydrogens (tertiary/aromatic N) is 2. The molecule has 2 N–H and O–H groups in total. The van der Waals surface area contributed by atoms with Crippen molar-refractivity contribution in [3.05, 3.63) is 46.2 Å². The number of nitrogens with one attached hydrogen (secondary N) is 2. The first kappa shape index (κ1) is 22.2. The number of hydrogen-bond acceptors (Lipinski definition) is 4. The Labute approximate surface area is 174 Å². The van der Waals surface area contributed by atoms with Crippen molar-refractivity contribution in [1.29, 1.82) is 0 Å². The highest BCUT2D eigenvalue weighted by molar-refractivity contribution is 14.0. The van der Waals surface area contributed by atoms with E-state index < -0.39 is 0 Å². The number of halogens is 2. The zero-order chi connectivity index (χ0) is 17.2. The lowest BCUT2D eigenvalue weighted by Crippen LogP contribution is -2.37. The molecule has 1 aromatic heterocycles. The van der Waals surface area contributed by atoms with Gasteiger partial charge in [0.25, 0.3) is 0 Å². The van der Waals surface area contributed by atoms with Gasteiger partial charge in [0.05, 0.1) is 17.7 Å². The standard InChI is InChI=1S/C17H23FN4S2.HI/c1-3-19-17(21-11-16-13(2)22-12-24-16)20-9-4-10-23-15-7-5-14(18)6-8-15;/h5-8,12H,3-4,9-11H2,1-2H3,(H2,19,20,21);1H. The maximum absolute atomic E-state index is 12.8. The average Bonchev–Trinajstić information content (AvgIpc) is 2.99. The number of thiazole rings is 1. The van der Waals surface area contributed by atoms with Crippen LogP contribution in [0.25, 0.3) is 0 Å². The van der Waals surface area contributed by atoms with Crippen LogP contribution in [0.4, 0.5) is 4.39 Å². The zero-order valence-corrected chi connectivity index (χ0v) is 18.4. The second-order valence-electron chi connectivity index (χ2n) is 5.14. The second-order valence-corrected chi connectivity index (χ2v) is 7.25. The number of benzene rings is 1. The third-order valence-electron chi connectivity index (χ3n) is 3.27. The van der Waals surface area contributed by atoms with Gasteiger partial charge in [-0.1, -0.05) is 0 Å². The number of aromatic nitrogens is 1. The van der Waals surface area contributed by atoms with Gasteiger partial charge in [0.2, 0.25) is 0 Å². The van der Waals surface area contributed by atoms with Crippen molar-refractivity contribution in [3.8, 4) is 0 Å². The Morgan fingerprint density at radius 1 is 1.28 bits per heavy atom. The third-order valence-corrected chi connectivity index (χ3v) is 5.28. The van der Waals surface area contributed by atoms with Crippen molar-refractivity contribution in [1.82, 2.24) is 15.6 Å². The van der Waals surface area contributed by atoms with Crippen LogP contribution in [0.1, 0.15) is 23.9 Å². The van der Waals surface area contributed by atoms with Gasteiger partial charge in [0, 0.05) is 22.9 Å². The zero-order valence-electron chi connectivity index (χ0n) is 14.4. The summed E-state index contributed by atoms with van der Waals surface area (Å²) in [6.07, 6.45) is 1.01. The highest BCUT2D eigenvalue weighted by Gasteiger charge is 2.02. The number of thioether (sulfide) groups is 1. The monoisotopic (exact) mass is 494 g/mol. The summed E-state index contributed by atoms with van der Waals surface area (Å²) in [6, 6.07) is 6.63. The molecule has 25 heavy (non-hydrogen) atoms. The summed E-state index contributed by atoms with van der Waals surface area (Å²) >= 11 is 3.37. The lowest BCUT2D eigenvalue weighted by molar-refractivity contribution is 0.626. The number of aryl methyl sites for hydroxylation is 1. The van der Waals surface area contributed by atoms with E-state index in [-0.39, 0.29) is 29.8 Å². The normalized spacial score (nSPS) is 11.1. The van der Waals surface area contributed by atoms with Gasteiger partial charge in [-0.3, -0.25) is 0 Å². The minimum atomic E-state index is -0.191. The molecule has 4 nitrogen and oxygen atoms in total. The van der Waals surface area contributed by atoms with E-state index in [1.165, 1.54) is 17.0 Å². The molecule has 138 valence electrons. The molecule has 0 saturated heterocycles. The fourth-order valence-corrected chi connectivity index (χ4v) is 3.52. The molecule has 0 bridgehead atoms. The lowest BCUT2D eigenvalue weighted by Gasteiger charge is -2.11. The first-order valence-corrected chi connectivity index (χ1v) is 9.85. The van der Waals surface area contributed by atoms with E-state index in [0.717, 1.165) is 41.8 Å². The quantitative estimate of drug-likeness (QED) is 0.187. The Morgan fingerprint density at radius 2 is 2.04 bits per heavy atom. The van der Waals surface area contributed by atoms with Gasteiger partial charge in [-0.05, 0) is 50.3 Å². The molecule has 1 heterocycles. The van der Waals surface area contributed by atoms with Crippen LogP contribution in [-0.2, 0) is 6.54 Å². The number of hydrogen-bond donors (Lipinski definition) is 2. The minimum Gasteiger partial charge on any atom is -0.357 e. The van der Waals surface area contributed by atoms with E-state index in [1.807, 2.05) is 24.6 Å². The molecular formula is C17H24FIN4S2. The molecule has 2 rings (SSSR count). The summed E-state index contributed by atoms with van der Waals surface area (Å²) in [5, 5.41) is 6.60. The molecule has 0 atom stereocenters. The maximum atomic E-state index is 12.8. The van der Waals surface area contributed by atoms with E-state index in [4.69, 9.17) is 0 Å². The fourth-order valence-electron chi connectivity index (χ4n) is 1.97. The van der Waals surface area contributed by atoms with E-state index >= 15 is 0 Å². The van der Waals surface area contributed by atoms with Gasteiger partial charge in [-0.15, -0.1) is 47.1 Å². The van der Waals surface area contributed by atoms with Crippen LogP contribution in [0, 0.1) is 12.7 Å². The molecule has 8 heteroatoms. The van der Waals surface area contributed by atoms with Crippen molar-refractivity contribution in [2.75, 3.05) is 18.8 Å². The van der Waals surface area contributed by atoms with Crippen LogP contribution in [0.2, 0.25) is 0 Å². The Bertz CT molecular complexity index is 646. The van der Waals surface area contributed by atoms with E-state index in [9.17, 15) is 4.39 Å². The molecule has 0 saturated carbocycles. The molecule has 0 aliphatic heterocycles. The fraction of sp³-hybridized carbons (Fsp3) is 0.412. The third kappa shape index (κ3) is 8.37. The van der Waals surface area contributed by atoms with Crippen molar-refractivity contribution in [2.45, 2.75) is 31.7 Å². The smallest absolute Gasteiger partial charge is 0.191 e. The van der Waals surface area contributed by atoms with E-state index in [1.54, 1.807) is 23.1 Å². The van der Waals surface area contributed by atoms with Crippen LogP contribution < -0.4 is 10.6 Å². The van der Waals surface area contributed by atoms with Crippen LogP contribution in [0.3, 0.4) is 0 Å². The number of guanidine groups is 1. The summed E-state index contributed by atoms with van der Waals surface area (Å²) in [4.78, 5) is 11.1. The lowest BCUT2D eigenvalue weighted by atomic mass is 10.4. The van der Waals surface area contributed by atoms with Crippen LogP contribution in [-0.4, -0.2) is 29.8 Å². The van der Waals surface area contributed by atoms with E-state index in [2.05, 4.69) is 27.5 Å². The van der Waals surface area contributed by atoms with Gasteiger partial charge >= 0.3 is 0 Å². The van der Waals surface area contributed by atoms with Crippen LogP contribution in [0.15, 0.2) is 39.7 Å². The number of rotatable bonds is 8. The first-order valence-electron chi connectivity index (χ1n) is 7.98. The average molecular weight is 494 g/mol. The Morgan fingerprint density at radius 3 is 2.68 bits per heavy atom. The molecule has 2 aromatic rings. The summed E-state index contributed by atoms with van der Waals surface area (Å²) in [7, 11) is 0. The van der Waals surface area contributed by atoms with Crippen molar-refractivity contribution < 1.29 is 4.39 Å². The molecule has 1 aromatic carbocycles. The Kier molecular flexibility index (Phi) is 11.1. The predicted molar refractivity (Wildman–Crippen MR) is 117 cm³/mol. The largest absolute Gasteiger partial charge is 0.357 e. The second kappa shape index (κ2) is 12.5. The molecular weight excluding hydrogens is 470 g/mol. The van der Waals surface area contributed by atoms with Crippen LogP contribution >= 0.6 is 47.1 Å². The minimum absolute atomic E-state index is 0. The summed E-state index contributed by atoms with van der Waals surface area (Å²) in [5.41, 5.74) is 2.91. The van der Waals surface area contributed by atoms with Gasteiger partial charge in [0.15, 0.2) is 5.96 Å². The van der Waals surface area contributed by atoms with Crippen molar-refractivity contribution in [2.24, 2.45) is 4.99 Å². The number of aliphatic imine (C=N–C) groups is 1. The molecule has 0 fully saturated rings.